The highest BCUT2D eigenvalue weighted by Crippen LogP contribution is 2.30. The van der Waals surface area contributed by atoms with Crippen molar-refractivity contribution in [3.05, 3.63) is 71.7 Å². The number of halogens is 2. The molecule has 0 radical (unpaired) electrons. The van der Waals surface area contributed by atoms with E-state index in [2.05, 4.69) is 10.1 Å². The van der Waals surface area contributed by atoms with Crippen LogP contribution in [-0.4, -0.2) is 14.8 Å². The minimum absolute atomic E-state index is 0.311. The van der Waals surface area contributed by atoms with E-state index in [4.69, 9.17) is 5.73 Å². The molecule has 0 unspecified atom stereocenters. The minimum atomic E-state index is -0.316. The summed E-state index contributed by atoms with van der Waals surface area (Å²) in [6.07, 6.45) is 1.62. The topological polar surface area (TPSA) is 56.7 Å². The third-order valence-corrected chi connectivity index (χ3v) is 4.57. The SMILES string of the molecule is Nc1c(-c2ccc(F)cc2)cnn1-c1nc(-c2cccc(F)c2)cs1. The van der Waals surface area contributed by atoms with Gasteiger partial charge in [0.15, 0.2) is 0 Å². The van der Waals surface area contributed by atoms with Gasteiger partial charge in [0.25, 0.3) is 0 Å². The summed E-state index contributed by atoms with van der Waals surface area (Å²) in [7, 11) is 0. The molecule has 4 rings (SSSR count). The zero-order valence-corrected chi connectivity index (χ0v) is 13.7. The first-order valence-electron chi connectivity index (χ1n) is 7.43. The van der Waals surface area contributed by atoms with Crippen LogP contribution in [0.25, 0.3) is 27.5 Å². The summed E-state index contributed by atoms with van der Waals surface area (Å²) in [5.41, 5.74) is 9.00. The Hall–Kier alpha value is -3.06. The lowest BCUT2D eigenvalue weighted by atomic mass is 10.1. The van der Waals surface area contributed by atoms with Crippen LogP contribution < -0.4 is 5.73 Å². The van der Waals surface area contributed by atoms with Crippen LogP contribution in [0.15, 0.2) is 60.1 Å². The highest BCUT2D eigenvalue weighted by atomic mass is 32.1. The maximum Gasteiger partial charge on any atom is 0.212 e. The fraction of sp³-hybridized carbons (Fsp3) is 0. The van der Waals surface area contributed by atoms with Crippen molar-refractivity contribution < 1.29 is 8.78 Å². The van der Waals surface area contributed by atoms with E-state index in [9.17, 15) is 8.78 Å². The number of hydrogen-bond donors (Lipinski definition) is 1. The number of benzene rings is 2. The van der Waals surface area contributed by atoms with Crippen molar-refractivity contribution in [1.82, 2.24) is 14.8 Å². The normalized spacial score (nSPS) is 11.0. The quantitative estimate of drug-likeness (QED) is 0.588. The molecule has 2 aromatic heterocycles. The van der Waals surface area contributed by atoms with Crippen molar-refractivity contribution in [3.63, 3.8) is 0 Å². The highest BCUT2D eigenvalue weighted by molar-refractivity contribution is 7.12. The molecule has 2 heterocycles. The summed E-state index contributed by atoms with van der Waals surface area (Å²) in [6.45, 7) is 0. The van der Waals surface area contributed by atoms with E-state index in [-0.39, 0.29) is 11.6 Å². The molecule has 4 aromatic rings. The average Bonchev–Trinajstić information content (AvgIpc) is 3.22. The molecule has 124 valence electrons. The lowest BCUT2D eigenvalue weighted by Crippen LogP contribution is -2.01. The van der Waals surface area contributed by atoms with Crippen molar-refractivity contribution in [2.45, 2.75) is 0 Å². The van der Waals surface area contributed by atoms with Crippen molar-refractivity contribution in [1.29, 1.82) is 0 Å². The fourth-order valence-corrected chi connectivity index (χ4v) is 3.31. The standard InChI is InChI=1S/C18H12F2N4S/c19-13-6-4-11(5-7-13)15-9-22-24(17(15)21)18-23-16(10-25-18)12-2-1-3-14(20)8-12/h1-10H,21H2. The van der Waals surface area contributed by atoms with E-state index in [1.165, 1.54) is 40.3 Å². The van der Waals surface area contributed by atoms with E-state index in [0.29, 0.717) is 27.8 Å². The van der Waals surface area contributed by atoms with Gasteiger partial charge in [-0.25, -0.2) is 13.8 Å². The highest BCUT2D eigenvalue weighted by Gasteiger charge is 2.14. The van der Waals surface area contributed by atoms with Crippen LogP contribution in [0.3, 0.4) is 0 Å². The van der Waals surface area contributed by atoms with Gasteiger partial charge in [0.05, 0.1) is 11.9 Å². The number of anilines is 1. The Bertz CT molecular complexity index is 1040. The largest absolute Gasteiger partial charge is 0.383 e. The van der Waals surface area contributed by atoms with E-state index < -0.39 is 0 Å². The predicted molar refractivity (Wildman–Crippen MR) is 94.4 cm³/mol. The Morgan fingerprint density at radius 3 is 2.52 bits per heavy atom. The molecular weight excluding hydrogens is 342 g/mol. The second kappa shape index (κ2) is 6.10. The van der Waals surface area contributed by atoms with Crippen LogP contribution in [-0.2, 0) is 0 Å². The first-order chi connectivity index (χ1) is 12.1. The first kappa shape index (κ1) is 15.5. The molecule has 0 bridgehead atoms. The zero-order chi connectivity index (χ0) is 17.4. The second-order valence-corrected chi connectivity index (χ2v) is 6.22. The summed E-state index contributed by atoms with van der Waals surface area (Å²) >= 11 is 1.36. The first-order valence-corrected chi connectivity index (χ1v) is 8.31. The van der Waals surface area contributed by atoms with Crippen molar-refractivity contribution >= 4 is 17.2 Å². The number of nitrogens with zero attached hydrogens (tertiary/aromatic N) is 3. The number of nitrogens with two attached hydrogens (primary N) is 1. The van der Waals surface area contributed by atoms with Gasteiger partial charge in [0, 0.05) is 16.5 Å². The molecule has 0 amide bonds. The molecule has 0 spiro atoms. The monoisotopic (exact) mass is 354 g/mol. The molecule has 0 aliphatic heterocycles. The lowest BCUT2D eigenvalue weighted by molar-refractivity contribution is 0.627. The summed E-state index contributed by atoms with van der Waals surface area (Å²) in [4.78, 5) is 4.49. The fourth-order valence-electron chi connectivity index (χ4n) is 2.50. The van der Waals surface area contributed by atoms with Gasteiger partial charge >= 0.3 is 0 Å². The van der Waals surface area contributed by atoms with Gasteiger partial charge in [-0.2, -0.15) is 9.78 Å². The molecular formula is C18H12F2N4S. The minimum Gasteiger partial charge on any atom is -0.383 e. The molecule has 25 heavy (non-hydrogen) atoms. The molecule has 2 N–H and O–H groups in total. The molecule has 0 saturated heterocycles. The summed E-state index contributed by atoms with van der Waals surface area (Å²) in [6, 6.07) is 12.3. The maximum atomic E-state index is 13.4. The second-order valence-electron chi connectivity index (χ2n) is 5.39. The van der Waals surface area contributed by atoms with Gasteiger partial charge in [-0.1, -0.05) is 24.3 Å². The lowest BCUT2D eigenvalue weighted by Gasteiger charge is -2.02. The molecule has 0 aliphatic rings. The van der Waals surface area contributed by atoms with E-state index in [1.807, 2.05) is 5.38 Å². The van der Waals surface area contributed by atoms with Crippen LogP contribution >= 0.6 is 11.3 Å². The molecule has 0 saturated carbocycles. The Morgan fingerprint density at radius 2 is 1.76 bits per heavy atom. The van der Waals surface area contributed by atoms with E-state index in [0.717, 1.165) is 5.56 Å². The van der Waals surface area contributed by atoms with Crippen LogP contribution in [0.1, 0.15) is 0 Å². The smallest absolute Gasteiger partial charge is 0.212 e. The maximum absolute atomic E-state index is 13.4. The summed E-state index contributed by atoms with van der Waals surface area (Å²) < 4.78 is 28.0. The molecule has 0 fully saturated rings. The third kappa shape index (κ3) is 2.89. The number of nitrogen functional groups attached to an aromatic ring is 1. The van der Waals surface area contributed by atoms with Gasteiger partial charge in [0.1, 0.15) is 17.5 Å². The molecule has 2 aromatic carbocycles. The van der Waals surface area contributed by atoms with Crippen molar-refractivity contribution in [2.24, 2.45) is 0 Å². The number of rotatable bonds is 3. The van der Waals surface area contributed by atoms with Gasteiger partial charge in [-0.3, -0.25) is 0 Å². The predicted octanol–water partition coefficient (Wildman–Crippen LogP) is 4.52. The summed E-state index contributed by atoms with van der Waals surface area (Å²) in [5.74, 6) is -0.217. The number of hydrogen-bond acceptors (Lipinski definition) is 4. The third-order valence-electron chi connectivity index (χ3n) is 3.76. The number of thiazole rings is 1. The van der Waals surface area contributed by atoms with E-state index >= 15 is 0 Å². The van der Waals surface area contributed by atoms with Crippen LogP contribution in [0.5, 0.6) is 0 Å². The summed E-state index contributed by atoms with van der Waals surface area (Å²) in [5, 5.41) is 6.68. The van der Waals surface area contributed by atoms with Gasteiger partial charge in [0.2, 0.25) is 5.13 Å². The number of aromatic nitrogens is 3. The van der Waals surface area contributed by atoms with Crippen molar-refractivity contribution in [2.75, 3.05) is 5.73 Å². The molecule has 4 nitrogen and oxygen atoms in total. The molecule has 7 heteroatoms. The van der Waals surface area contributed by atoms with Crippen LogP contribution in [0.2, 0.25) is 0 Å². The Balaban J connectivity index is 1.71. The molecule has 0 aliphatic carbocycles. The van der Waals surface area contributed by atoms with Gasteiger partial charge in [-0.15, -0.1) is 11.3 Å². The zero-order valence-electron chi connectivity index (χ0n) is 12.9. The Labute approximate surface area is 146 Å². The van der Waals surface area contributed by atoms with Gasteiger partial charge in [-0.05, 0) is 29.8 Å². The van der Waals surface area contributed by atoms with Gasteiger partial charge < -0.3 is 5.73 Å². The van der Waals surface area contributed by atoms with Crippen LogP contribution in [0.4, 0.5) is 14.6 Å². The van der Waals surface area contributed by atoms with E-state index in [1.54, 1.807) is 30.5 Å². The van der Waals surface area contributed by atoms with Crippen molar-refractivity contribution in [3.8, 4) is 27.5 Å². The van der Waals surface area contributed by atoms with Crippen LogP contribution in [0, 0.1) is 11.6 Å². The average molecular weight is 354 g/mol. The molecule has 0 atom stereocenters. The Kier molecular flexibility index (Phi) is 3.77. The Morgan fingerprint density at radius 1 is 0.960 bits per heavy atom.